The predicted octanol–water partition coefficient (Wildman–Crippen LogP) is 3.31. The molecule has 7 heteroatoms. The maximum Gasteiger partial charge on any atom is 0.266 e. The van der Waals surface area contributed by atoms with Crippen molar-refractivity contribution >= 4 is 17.2 Å². The Morgan fingerprint density at radius 1 is 1.19 bits per heavy atom. The number of nitriles is 1. The van der Waals surface area contributed by atoms with E-state index in [-0.39, 0.29) is 22.8 Å². The number of fused-ring (bicyclic) bond motifs is 1. The smallest absolute Gasteiger partial charge is 0.266 e. The normalized spacial score (nSPS) is 10.4. The van der Waals surface area contributed by atoms with E-state index >= 15 is 0 Å². The molecule has 0 spiro atoms. The lowest BCUT2D eigenvalue weighted by atomic mass is 10.2. The van der Waals surface area contributed by atoms with Gasteiger partial charge in [0.2, 0.25) is 5.69 Å². The van der Waals surface area contributed by atoms with Crippen molar-refractivity contribution in [3.8, 4) is 17.5 Å². The fraction of sp³-hybridized carbons (Fsp3) is 0. The van der Waals surface area contributed by atoms with Gasteiger partial charge in [-0.1, -0.05) is 30.3 Å². The molecule has 0 aliphatic carbocycles. The topological polar surface area (TPSA) is 80.3 Å². The number of aromatic nitrogens is 4. The second-order valence-electron chi connectivity index (χ2n) is 5.45. The summed E-state index contributed by atoms with van der Waals surface area (Å²) < 4.78 is 2.77. The van der Waals surface area contributed by atoms with Crippen molar-refractivity contribution in [1.82, 2.24) is 19.2 Å². The quantitative estimate of drug-likeness (QED) is 0.525. The molecule has 3 heterocycles. The Morgan fingerprint density at radius 2 is 2.00 bits per heavy atom. The zero-order valence-corrected chi connectivity index (χ0v) is 13.4. The lowest BCUT2D eigenvalue weighted by molar-refractivity contribution is 0.0965. The molecule has 4 aromatic rings. The highest BCUT2D eigenvalue weighted by Gasteiger charge is 2.25. The van der Waals surface area contributed by atoms with Crippen LogP contribution in [0.5, 0.6) is 0 Å². The van der Waals surface area contributed by atoms with Crippen molar-refractivity contribution in [2.24, 2.45) is 0 Å². The van der Waals surface area contributed by atoms with Crippen LogP contribution in [0.2, 0.25) is 0 Å². The van der Waals surface area contributed by atoms with E-state index in [1.165, 1.54) is 21.5 Å². The van der Waals surface area contributed by atoms with E-state index in [1.807, 2.05) is 36.4 Å². The first-order valence-corrected chi connectivity index (χ1v) is 7.66. The fourth-order valence-corrected chi connectivity index (χ4v) is 2.79. The minimum atomic E-state index is -0.370. The summed E-state index contributed by atoms with van der Waals surface area (Å²) >= 11 is 0. The monoisotopic (exact) mass is 338 g/mol. The van der Waals surface area contributed by atoms with Crippen LogP contribution in [0.1, 0.15) is 15.9 Å². The molecule has 3 aromatic heterocycles. The van der Waals surface area contributed by atoms with Crippen LogP contribution in [-0.4, -0.2) is 25.1 Å². The van der Waals surface area contributed by atoms with Gasteiger partial charge < -0.3 is 0 Å². The Morgan fingerprint density at radius 3 is 2.65 bits per heavy atom. The van der Waals surface area contributed by atoms with Gasteiger partial charge in [0.05, 0.1) is 18.2 Å². The van der Waals surface area contributed by atoms with Crippen molar-refractivity contribution in [2.45, 2.75) is 0 Å². The maximum atomic E-state index is 13.2. The molecule has 26 heavy (non-hydrogen) atoms. The van der Waals surface area contributed by atoms with Gasteiger partial charge in [-0.05, 0) is 12.1 Å². The van der Waals surface area contributed by atoms with Gasteiger partial charge in [0, 0.05) is 24.2 Å². The lowest BCUT2D eigenvalue weighted by Crippen LogP contribution is -2.14. The molecule has 7 nitrogen and oxygen atoms in total. The SMILES string of the molecule is [C-]#[N+]c1cn2nc(-c3ccccc3)n(C(=O)c3cccnc3)c2c1C#N. The minimum Gasteiger partial charge on any atom is -0.268 e. The van der Waals surface area contributed by atoms with Gasteiger partial charge in [0.1, 0.15) is 11.2 Å². The van der Waals surface area contributed by atoms with E-state index in [2.05, 4.69) is 14.9 Å². The number of rotatable bonds is 2. The first-order chi connectivity index (χ1) is 12.7. The third-order valence-electron chi connectivity index (χ3n) is 3.94. The predicted molar refractivity (Wildman–Crippen MR) is 93.6 cm³/mol. The Labute approximate surface area is 148 Å². The van der Waals surface area contributed by atoms with Crippen LogP contribution in [0.25, 0.3) is 21.9 Å². The molecular formula is C19H10N6O. The summed E-state index contributed by atoms with van der Waals surface area (Å²) in [5, 5.41) is 14.0. The van der Waals surface area contributed by atoms with E-state index < -0.39 is 0 Å². The molecule has 0 unspecified atom stereocenters. The molecular weight excluding hydrogens is 328 g/mol. The molecule has 0 atom stereocenters. The second kappa shape index (κ2) is 6.00. The first kappa shape index (κ1) is 15.3. The zero-order chi connectivity index (χ0) is 18.1. The van der Waals surface area contributed by atoms with Gasteiger partial charge in [-0.25, -0.2) is 13.9 Å². The molecule has 122 valence electrons. The van der Waals surface area contributed by atoms with Crippen LogP contribution in [-0.2, 0) is 0 Å². The van der Waals surface area contributed by atoms with Gasteiger partial charge in [-0.2, -0.15) is 5.26 Å². The third-order valence-corrected chi connectivity index (χ3v) is 3.94. The number of hydrogen-bond donors (Lipinski definition) is 0. The largest absolute Gasteiger partial charge is 0.268 e. The lowest BCUT2D eigenvalue weighted by Gasteiger charge is -2.07. The summed E-state index contributed by atoms with van der Waals surface area (Å²) in [7, 11) is 0. The van der Waals surface area contributed by atoms with E-state index in [4.69, 9.17) is 6.57 Å². The molecule has 0 saturated heterocycles. The van der Waals surface area contributed by atoms with Gasteiger partial charge in [0.25, 0.3) is 5.91 Å². The number of nitrogens with zero attached hydrogens (tertiary/aromatic N) is 6. The van der Waals surface area contributed by atoms with Crippen LogP contribution < -0.4 is 0 Å². The summed E-state index contributed by atoms with van der Waals surface area (Å²) in [5.41, 5.74) is 1.63. The Hall–Kier alpha value is -4.23. The molecule has 1 aromatic carbocycles. The molecule has 0 radical (unpaired) electrons. The fourth-order valence-electron chi connectivity index (χ4n) is 2.79. The van der Waals surface area contributed by atoms with Crippen LogP contribution in [0.3, 0.4) is 0 Å². The molecule has 4 rings (SSSR count). The average Bonchev–Trinajstić information content (AvgIpc) is 3.24. The molecule has 0 N–H and O–H groups in total. The summed E-state index contributed by atoms with van der Waals surface area (Å²) in [5.74, 6) is 0.0214. The maximum absolute atomic E-state index is 13.2. The number of hydrogen-bond acceptors (Lipinski definition) is 4. The van der Waals surface area contributed by atoms with Crippen molar-refractivity contribution < 1.29 is 4.79 Å². The van der Waals surface area contributed by atoms with Gasteiger partial charge >= 0.3 is 0 Å². The third kappa shape index (κ3) is 2.24. The molecule has 0 aliphatic heterocycles. The number of carbonyl (C=O) groups is 1. The van der Waals surface area contributed by atoms with Crippen molar-refractivity contribution in [1.29, 1.82) is 5.26 Å². The van der Waals surface area contributed by atoms with E-state index in [0.29, 0.717) is 11.4 Å². The van der Waals surface area contributed by atoms with Crippen LogP contribution in [0, 0.1) is 17.9 Å². The van der Waals surface area contributed by atoms with E-state index in [0.717, 1.165) is 5.56 Å². The zero-order valence-electron chi connectivity index (χ0n) is 13.4. The highest BCUT2D eigenvalue weighted by Crippen LogP contribution is 2.30. The first-order valence-electron chi connectivity index (χ1n) is 7.66. The number of benzene rings is 1. The molecule has 0 bridgehead atoms. The highest BCUT2D eigenvalue weighted by molar-refractivity contribution is 6.01. The molecule has 0 fully saturated rings. The number of pyridine rings is 1. The van der Waals surface area contributed by atoms with Gasteiger partial charge in [0.15, 0.2) is 5.82 Å². The molecule has 0 saturated carbocycles. The standard InChI is InChI=1S/C19H10N6O/c1-21-16-12-24-18(15(16)10-20)25(19(26)14-8-5-9-22-11-14)17(23-24)13-6-3-2-4-7-13/h2-9,11-12H. The van der Waals surface area contributed by atoms with Crippen LogP contribution >= 0.6 is 0 Å². The number of carbonyl (C=O) groups excluding carboxylic acids is 1. The van der Waals surface area contributed by atoms with Crippen molar-refractivity contribution in [3.63, 3.8) is 0 Å². The molecule has 0 aliphatic rings. The van der Waals surface area contributed by atoms with Crippen molar-refractivity contribution in [3.05, 3.63) is 83.6 Å². The summed E-state index contributed by atoms with van der Waals surface area (Å²) in [6.07, 6.45) is 4.49. The Balaban J connectivity index is 2.07. The van der Waals surface area contributed by atoms with Gasteiger partial charge in [-0.3, -0.25) is 9.78 Å². The Kier molecular flexibility index (Phi) is 3.53. The minimum absolute atomic E-state index is 0.118. The summed E-state index contributed by atoms with van der Waals surface area (Å²) in [6.45, 7) is 7.25. The average molecular weight is 338 g/mol. The molecule has 0 amide bonds. The Bertz CT molecular complexity index is 1210. The summed E-state index contributed by atoms with van der Waals surface area (Å²) in [6, 6.07) is 14.5. The van der Waals surface area contributed by atoms with Crippen molar-refractivity contribution in [2.75, 3.05) is 0 Å². The van der Waals surface area contributed by atoms with Crippen LogP contribution in [0.15, 0.2) is 61.1 Å². The van der Waals surface area contributed by atoms with E-state index in [9.17, 15) is 10.1 Å². The second-order valence-corrected chi connectivity index (χ2v) is 5.45. The van der Waals surface area contributed by atoms with Crippen LogP contribution in [0.4, 0.5) is 5.69 Å². The highest BCUT2D eigenvalue weighted by atomic mass is 16.2. The van der Waals surface area contributed by atoms with Gasteiger partial charge in [-0.15, -0.1) is 5.10 Å². The van der Waals surface area contributed by atoms with E-state index in [1.54, 1.807) is 18.3 Å². The summed E-state index contributed by atoms with van der Waals surface area (Å²) in [4.78, 5) is 20.5.